The van der Waals surface area contributed by atoms with E-state index in [2.05, 4.69) is 22.8 Å². The third-order valence-electron chi connectivity index (χ3n) is 4.55. The number of carbonyl (C=O) groups is 1. The monoisotopic (exact) mass is 322 g/mol. The molecule has 0 bridgehead atoms. The van der Waals surface area contributed by atoms with E-state index >= 15 is 0 Å². The van der Waals surface area contributed by atoms with Gasteiger partial charge in [-0.15, -0.1) is 0 Å². The summed E-state index contributed by atoms with van der Waals surface area (Å²) in [4.78, 5) is 12.1. The highest BCUT2D eigenvalue weighted by molar-refractivity contribution is 7.91. The van der Waals surface area contributed by atoms with Crippen LogP contribution in [0, 0.1) is 5.92 Å². The standard InChI is InChI=1S/C16H22N2O3S/c19-16(17-10-12-8-9-22(20,21)11-12)18-15-7-3-5-13-4-1-2-6-14(13)15/h1-2,4,6,12,15H,3,5,7-11H2,(H2,17,18,19)/t12-,15-/m0/s1. The fourth-order valence-electron chi connectivity index (χ4n) is 3.38. The Hall–Kier alpha value is -1.56. The average molecular weight is 322 g/mol. The van der Waals surface area contributed by atoms with Gasteiger partial charge in [-0.1, -0.05) is 24.3 Å². The lowest BCUT2D eigenvalue weighted by Gasteiger charge is -2.26. The van der Waals surface area contributed by atoms with E-state index in [1.165, 1.54) is 11.1 Å². The molecule has 0 aromatic heterocycles. The van der Waals surface area contributed by atoms with Crippen molar-refractivity contribution >= 4 is 15.9 Å². The Morgan fingerprint density at radius 2 is 2.05 bits per heavy atom. The van der Waals surface area contributed by atoms with E-state index in [4.69, 9.17) is 0 Å². The molecule has 22 heavy (non-hydrogen) atoms. The quantitative estimate of drug-likeness (QED) is 0.891. The van der Waals surface area contributed by atoms with Crippen LogP contribution in [0.2, 0.25) is 0 Å². The fraction of sp³-hybridized carbons (Fsp3) is 0.562. The molecule has 1 heterocycles. The van der Waals surface area contributed by atoms with E-state index in [1.807, 2.05) is 12.1 Å². The summed E-state index contributed by atoms with van der Waals surface area (Å²) in [5.74, 6) is 0.491. The molecule has 3 rings (SSSR count). The Labute approximate surface area is 131 Å². The molecule has 1 saturated heterocycles. The van der Waals surface area contributed by atoms with Crippen LogP contribution in [0.25, 0.3) is 0 Å². The van der Waals surface area contributed by atoms with Gasteiger partial charge < -0.3 is 10.6 Å². The first-order chi connectivity index (χ1) is 10.5. The van der Waals surface area contributed by atoms with Crippen molar-refractivity contribution in [2.45, 2.75) is 31.7 Å². The number of hydrogen-bond donors (Lipinski definition) is 2. The molecule has 1 fully saturated rings. The van der Waals surface area contributed by atoms with Gasteiger partial charge >= 0.3 is 6.03 Å². The number of nitrogens with one attached hydrogen (secondary N) is 2. The van der Waals surface area contributed by atoms with Crippen LogP contribution in [0.5, 0.6) is 0 Å². The summed E-state index contributed by atoms with van der Waals surface area (Å²) in [5.41, 5.74) is 2.51. The van der Waals surface area contributed by atoms with Crippen molar-refractivity contribution in [1.29, 1.82) is 0 Å². The Morgan fingerprint density at radius 3 is 2.82 bits per heavy atom. The van der Waals surface area contributed by atoms with E-state index in [0.29, 0.717) is 13.0 Å². The van der Waals surface area contributed by atoms with Crippen molar-refractivity contribution in [3.05, 3.63) is 35.4 Å². The lowest BCUT2D eigenvalue weighted by atomic mass is 9.88. The second-order valence-corrected chi connectivity index (χ2v) is 8.50. The minimum absolute atomic E-state index is 0.0504. The number of aryl methyl sites for hydroxylation is 1. The SMILES string of the molecule is O=C(NC[C@@H]1CCS(=O)(=O)C1)N[C@H]1CCCc2ccccc21. The number of hydrogen-bond acceptors (Lipinski definition) is 3. The zero-order chi connectivity index (χ0) is 15.6. The van der Waals surface area contributed by atoms with Crippen molar-refractivity contribution < 1.29 is 13.2 Å². The molecular formula is C16H22N2O3S. The zero-order valence-corrected chi connectivity index (χ0v) is 13.4. The van der Waals surface area contributed by atoms with Gasteiger partial charge in [0.05, 0.1) is 17.5 Å². The first kappa shape index (κ1) is 15.3. The molecule has 1 aliphatic heterocycles. The van der Waals surface area contributed by atoms with Gasteiger partial charge in [0, 0.05) is 6.54 Å². The van der Waals surface area contributed by atoms with Crippen LogP contribution < -0.4 is 10.6 Å². The Bertz CT molecular complexity index is 657. The zero-order valence-electron chi connectivity index (χ0n) is 12.5. The molecule has 0 unspecified atom stereocenters. The summed E-state index contributed by atoms with van der Waals surface area (Å²) in [7, 11) is -2.88. The number of amides is 2. The number of rotatable bonds is 3. The number of carbonyl (C=O) groups excluding carboxylic acids is 1. The van der Waals surface area contributed by atoms with E-state index in [1.54, 1.807) is 0 Å². The average Bonchev–Trinajstić information content (AvgIpc) is 2.85. The van der Waals surface area contributed by atoms with Crippen molar-refractivity contribution in [3.63, 3.8) is 0 Å². The normalized spacial score (nSPS) is 26.2. The third-order valence-corrected chi connectivity index (χ3v) is 6.39. The van der Waals surface area contributed by atoms with Gasteiger partial charge in [-0.3, -0.25) is 0 Å². The van der Waals surface area contributed by atoms with E-state index < -0.39 is 9.84 Å². The lowest BCUT2D eigenvalue weighted by molar-refractivity contribution is 0.234. The maximum absolute atomic E-state index is 12.1. The predicted octanol–water partition coefficient (Wildman–Crippen LogP) is 1.80. The molecule has 2 atom stereocenters. The summed E-state index contributed by atoms with van der Waals surface area (Å²) < 4.78 is 22.8. The van der Waals surface area contributed by atoms with Gasteiger partial charge in [0.15, 0.2) is 9.84 Å². The van der Waals surface area contributed by atoms with Crippen LogP contribution in [0.15, 0.2) is 24.3 Å². The Kier molecular flexibility index (Phi) is 4.38. The minimum atomic E-state index is -2.88. The van der Waals surface area contributed by atoms with Crippen LogP contribution in [0.3, 0.4) is 0 Å². The third kappa shape index (κ3) is 3.61. The molecule has 5 nitrogen and oxygen atoms in total. The second-order valence-electron chi connectivity index (χ2n) is 6.27. The molecule has 6 heteroatoms. The maximum atomic E-state index is 12.1. The highest BCUT2D eigenvalue weighted by atomic mass is 32.2. The molecule has 1 aromatic carbocycles. The van der Waals surface area contributed by atoms with E-state index in [9.17, 15) is 13.2 Å². The minimum Gasteiger partial charge on any atom is -0.338 e. The molecule has 2 aliphatic rings. The highest BCUT2D eigenvalue weighted by Gasteiger charge is 2.28. The Morgan fingerprint density at radius 1 is 1.23 bits per heavy atom. The topological polar surface area (TPSA) is 75.3 Å². The molecule has 2 amide bonds. The lowest BCUT2D eigenvalue weighted by Crippen LogP contribution is -2.41. The Balaban J connectivity index is 1.53. The smallest absolute Gasteiger partial charge is 0.315 e. The van der Waals surface area contributed by atoms with Crippen LogP contribution >= 0.6 is 0 Å². The van der Waals surface area contributed by atoms with Gasteiger partial charge in [-0.05, 0) is 42.7 Å². The molecule has 0 saturated carbocycles. The van der Waals surface area contributed by atoms with Crippen LogP contribution in [-0.2, 0) is 16.3 Å². The van der Waals surface area contributed by atoms with Crippen molar-refractivity contribution in [3.8, 4) is 0 Å². The summed E-state index contributed by atoms with van der Waals surface area (Å²) in [5, 5.41) is 5.85. The predicted molar refractivity (Wildman–Crippen MR) is 85.4 cm³/mol. The number of urea groups is 1. The molecule has 1 aliphatic carbocycles. The van der Waals surface area contributed by atoms with Crippen molar-refractivity contribution in [2.75, 3.05) is 18.1 Å². The van der Waals surface area contributed by atoms with Crippen LogP contribution in [0.1, 0.15) is 36.4 Å². The van der Waals surface area contributed by atoms with Gasteiger partial charge in [0.2, 0.25) is 0 Å². The molecule has 0 spiro atoms. The van der Waals surface area contributed by atoms with Crippen LogP contribution in [-0.4, -0.2) is 32.5 Å². The van der Waals surface area contributed by atoms with Gasteiger partial charge in [0.1, 0.15) is 0 Å². The first-order valence-corrected chi connectivity index (χ1v) is 9.68. The first-order valence-electron chi connectivity index (χ1n) is 7.86. The largest absolute Gasteiger partial charge is 0.338 e. The highest BCUT2D eigenvalue weighted by Crippen LogP contribution is 2.29. The number of fused-ring (bicyclic) bond motifs is 1. The van der Waals surface area contributed by atoms with Crippen LogP contribution in [0.4, 0.5) is 4.79 Å². The second kappa shape index (κ2) is 6.28. The van der Waals surface area contributed by atoms with Gasteiger partial charge in [0.25, 0.3) is 0 Å². The maximum Gasteiger partial charge on any atom is 0.315 e. The summed E-state index contributed by atoms with van der Waals surface area (Å²) in [6.07, 6.45) is 3.73. The van der Waals surface area contributed by atoms with E-state index in [-0.39, 0.29) is 29.5 Å². The van der Waals surface area contributed by atoms with Gasteiger partial charge in [-0.25, -0.2) is 13.2 Å². The molecular weight excluding hydrogens is 300 g/mol. The van der Waals surface area contributed by atoms with E-state index in [0.717, 1.165) is 19.3 Å². The molecule has 1 aromatic rings. The summed E-state index contributed by atoms with van der Waals surface area (Å²) >= 11 is 0. The molecule has 120 valence electrons. The number of benzene rings is 1. The van der Waals surface area contributed by atoms with Crippen molar-refractivity contribution in [1.82, 2.24) is 10.6 Å². The van der Waals surface area contributed by atoms with Gasteiger partial charge in [-0.2, -0.15) is 0 Å². The van der Waals surface area contributed by atoms with Crippen molar-refractivity contribution in [2.24, 2.45) is 5.92 Å². The number of sulfone groups is 1. The molecule has 2 N–H and O–H groups in total. The summed E-state index contributed by atoms with van der Waals surface area (Å²) in [6.45, 7) is 0.430. The summed E-state index contributed by atoms with van der Waals surface area (Å²) in [6, 6.07) is 8.07. The fourth-order valence-corrected chi connectivity index (χ4v) is 5.25. The molecule has 0 radical (unpaired) electrons.